The van der Waals surface area contributed by atoms with Crippen LogP contribution in [0.3, 0.4) is 0 Å². The van der Waals surface area contributed by atoms with Crippen LogP contribution in [0.1, 0.15) is 15.4 Å². The minimum atomic E-state index is -0.00745. The molecule has 0 fully saturated rings. The Balaban J connectivity index is 2.73. The first-order chi connectivity index (χ1) is 6.16. The number of nitrogens with zero attached hydrogens (tertiary/aromatic N) is 3. The second kappa shape index (κ2) is 4.66. The third kappa shape index (κ3) is 2.47. The van der Waals surface area contributed by atoms with Crippen LogP contribution in [0.4, 0.5) is 0 Å². The van der Waals surface area contributed by atoms with Crippen LogP contribution < -0.4 is 0 Å². The molecule has 1 rings (SSSR count). The highest BCUT2D eigenvalue weighted by molar-refractivity contribution is 9.09. The molecule has 0 atom stereocenters. The zero-order valence-corrected chi connectivity index (χ0v) is 9.85. The highest BCUT2D eigenvalue weighted by Gasteiger charge is 2.16. The Bertz CT molecular complexity index is 302. The number of hydrogen-bond acceptors (Lipinski definition) is 4. The summed E-state index contributed by atoms with van der Waals surface area (Å²) >= 11 is 4.42. The summed E-state index contributed by atoms with van der Waals surface area (Å²) in [6.07, 6.45) is 0. The quantitative estimate of drug-likeness (QED) is 0.773. The molecule has 0 aromatic carbocycles. The van der Waals surface area contributed by atoms with Crippen LogP contribution in [-0.4, -0.2) is 39.3 Å². The summed E-state index contributed by atoms with van der Waals surface area (Å²) in [6.45, 7) is 2.48. The Hall–Kier alpha value is -0.490. The maximum atomic E-state index is 11.7. The van der Waals surface area contributed by atoms with Gasteiger partial charge >= 0.3 is 0 Å². The average Bonchev–Trinajstić information content (AvgIpc) is 2.50. The van der Waals surface area contributed by atoms with Crippen LogP contribution >= 0.6 is 27.5 Å². The number of aromatic nitrogens is 2. The van der Waals surface area contributed by atoms with Crippen LogP contribution in [-0.2, 0) is 0 Å². The van der Waals surface area contributed by atoms with Gasteiger partial charge in [0.05, 0.1) is 5.69 Å². The second-order valence-electron chi connectivity index (χ2n) is 2.60. The van der Waals surface area contributed by atoms with E-state index in [1.807, 2.05) is 0 Å². The Kier molecular flexibility index (Phi) is 3.80. The van der Waals surface area contributed by atoms with Gasteiger partial charge < -0.3 is 4.90 Å². The first kappa shape index (κ1) is 10.6. The molecule has 6 heteroatoms. The van der Waals surface area contributed by atoms with E-state index in [0.717, 1.165) is 16.9 Å². The van der Waals surface area contributed by atoms with Crippen LogP contribution in [0, 0.1) is 6.92 Å². The first-order valence-corrected chi connectivity index (χ1v) is 5.66. The van der Waals surface area contributed by atoms with Crippen molar-refractivity contribution in [2.24, 2.45) is 0 Å². The van der Waals surface area contributed by atoms with Gasteiger partial charge in [0.15, 0.2) is 0 Å². The molecule has 0 saturated heterocycles. The normalized spacial score (nSPS) is 10.1. The van der Waals surface area contributed by atoms with E-state index in [1.165, 1.54) is 0 Å². The molecule has 0 aliphatic carbocycles. The molecule has 13 heavy (non-hydrogen) atoms. The number of aryl methyl sites for hydroxylation is 1. The molecule has 1 amide bonds. The van der Waals surface area contributed by atoms with Gasteiger partial charge in [-0.25, -0.2) is 0 Å². The molecular weight excluding hydrogens is 254 g/mol. The van der Waals surface area contributed by atoms with Gasteiger partial charge in [-0.3, -0.25) is 4.79 Å². The highest BCUT2D eigenvalue weighted by Crippen LogP contribution is 2.11. The van der Waals surface area contributed by atoms with Crippen LogP contribution in [0.2, 0.25) is 0 Å². The molecule has 4 nitrogen and oxygen atoms in total. The summed E-state index contributed by atoms with van der Waals surface area (Å²) in [6, 6.07) is 0. The van der Waals surface area contributed by atoms with Crippen molar-refractivity contribution in [3.05, 3.63) is 10.6 Å². The molecule has 1 heterocycles. The van der Waals surface area contributed by atoms with Gasteiger partial charge in [-0.1, -0.05) is 20.4 Å². The van der Waals surface area contributed by atoms with Crippen molar-refractivity contribution in [2.75, 3.05) is 18.9 Å². The van der Waals surface area contributed by atoms with E-state index >= 15 is 0 Å². The van der Waals surface area contributed by atoms with Gasteiger partial charge in [-0.05, 0) is 18.5 Å². The van der Waals surface area contributed by atoms with Crippen molar-refractivity contribution in [2.45, 2.75) is 6.92 Å². The molecule has 1 aromatic heterocycles. The number of rotatable bonds is 3. The van der Waals surface area contributed by atoms with E-state index < -0.39 is 0 Å². The summed E-state index contributed by atoms with van der Waals surface area (Å²) in [5, 5.41) is 4.57. The van der Waals surface area contributed by atoms with E-state index in [4.69, 9.17) is 0 Å². The van der Waals surface area contributed by atoms with Crippen molar-refractivity contribution in [1.82, 2.24) is 14.5 Å². The fourth-order valence-corrected chi connectivity index (χ4v) is 2.01. The molecule has 1 aromatic rings. The van der Waals surface area contributed by atoms with E-state index in [2.05, 4.69) is 25.5 Å². The lowest BCUT2D eigenvalue weighted by Crippen LogP contribution is -2.28. The number of amides is 1. The van der Waals surface area contributed by atoms with Gasteiger partial charge in [0, 0.05) is 18.9 Å². The average molecular weight is 264 g/mol. The number of carbonyl (C=O) groups excluding carboxylic acids is 1. The molecule has 0 bridgehead atoms. The fourth-order valence-electron chi connectivity index (χ4n) is 0.829. The predicted molar refractivity (Wildman–Crippen MR) is 55.4 cm³/mol. The third-order valence-electron chi connectivity index (χ3n) is 1.61. The summed E-state index contributed by atoms with van der Waals surface area (Å²) in [4.78, 5) is 13.9. The lowest BCUT2D eigenvalue weighted by atomic mass is 10.3. The van der Waals surface area contributed by atoms with Crippen LogP contribution in [0.5, 0.6) is 0 Å². The summed E-state index contributed by atoms with van der Waals surface area (Å²) < 4.78 is 3.72. The summed E-state index contributed by atoms with van der Waals surface area (Å²) in [5.74, 6) is -0.00745. The first-order valence-electron chi connectivity index (χ1n) is 3.77. The molecule has 0 spiro atoms. The number of halogens is 1. The van der Waals surface area contributed by atoms with Gasteiger partial charge in [0.1, 0.15) is 4.88 Å². The van der Waals surface area contributed by atoms with Gasteiger partial charge in [0.2, 0.25) is 0 Å². The van der Waals surface area contributed by atoms with Crippen LogP contribution in [0.25, 0.3) is 0 Å². The smallest absolute Gasteiger partial charge is 0.267 e. The molecular formula is C7H10BrN3OS. The fraction of sp³-hybridized carbons (Fsp3) is 0.571. The Morgan fingerprint density at radius 2 is 2.38 bits per heavy atom. The molecule has 0 unspecified atom stereocenters. The molecule has 0 aliphatic rings. The van der Waals surface area contributed by atoms with Gasteiger partial charge in [0.25, 0.3) is 5.91 Å². The van der Waals surface area contributed by atoms with E-state index in [0.29, 0.717) is 17.1 Å². The third-order valence-corrected chi connectivity index (χ3v) is 2.78. The van der Waals surface area contributed by atoms with Gasteiger partial charge in [-0.15, -0.1) is 5.10 Å². The highest BCUT2D eigenvalue weighted by atomic mass is 79.9. The van der Waals surface area contributed by atoms with Crippen molar-refractivity contribution < 1.29 is 4.79 Å². The van der Waals surface area contributed by atoms with E-state index in [-0.39, 0.29) is 5.91 Å². The molecule has 0 radical (unpaired) electrons. The molecule has 0 saturated carbocycles. The van der Waals surface area contributed by atoms with Crippen molar-refractivity contribution in [3.8, 4) is 0 Å². The Labute approximate surface area is 89.2 Å². The minimum Gasteiger partial charge on any atom is -0.340 e. The standard InChI is InChI=1S/C7H10BrN3OS/c1-5-6(13-10-9-5)7(12)11(2)4-3-8/h3-4H2,1-2H3. The zero-order valence-electron chi connectivity index (χ0n) is 7.45. The topological polar surface area (TPSA) is 46.1 Å². The molecule has 72 valence electrons. The predicted octanol–water partition coefficient (Wildman–Crippen LogP) is 1.31. The lowest BCUT2D eigenvalue weighted by Gasteiger charge is -2.13. The monoisotopic (exact) mass is 263 g/mol. The second-order valence-corrected chi connectivity index (χ2v) is 4.15. The van der Waals surface area contributed by atoms with Gasteiger partial charge in [-0.2, -0.15) is 0 Å². The number of hydrogen-bond donors (Lipinski definition) is 0. The maximum absolute atomic E-state index is 11.7. The summed E-state index contributed by atoms with van der Waals surface area (Å²) in [7, 11) is 1.77. The maximum Gasteiger partial charge on any atom is 0.267 e. The van der Waals surface area contributed by atoms with Crippen molar-refractivity contribution in [1.29, 1.82) is 0 Å². The van der Waals surface area contributed by atoms with E-state index in [9.17, 15) is 4.79 Å². The molecule has 0 aliphatic heterocycles. The largest absolute Gasteiger partial charge is 0.340 e. The molecule has 0 N–H and O–H groups in total. The van der Waals surface area contributed by atoms with Crippen molar-refractivity contribution >= 4 is 33.4 Å². The number of alkyl halides is 1. The Morgan fingerprint density at radius 3 is 2.85 bits per heavy atom. The SMILES string of the molecule is Cc1nnsc1C(=O)N(C)CCBr. The van der Waals surface area contributed by atoms with Crippen molar-refractivity contribution in [3.63, 3.8) is 0 Å². The zero-order chi connectivity index (χ0) is 9.84. The lowest BCUT2D eigenvalue weighted by molar-refractivity contribution is 0.0808. The summed E-state index contributed by atoms with van der Waals surface area (Å²) in [5.41, 5.74) is 0.705. The van der Waals surface area contributed by atoms with Crippen LogP contribution in [0.15, 0.2) is 0 Å². The number of carbonyl (C=O) groups is 1. The minimum absolute atomic E-state index is 0.00745. The van der Waals surface area contributed by atoms with E-state index in [1.54, 1.807) is 18.9 Å². The Morgan fingerprint density at radius 1 is 1.69 bits per heavy atom.